The van der Waals surface area contributed by atoms with Gasteiger partial charge in [-0.25, -0.2) is 0 Å². The second-order valence-corrected chi connectivity index (χ2v) is 1.63. The van der Waals surface area contributed by atoms with E-state index in [2.05, 4.69) is 17.2 Å². The van der Waals surface area contributed by atoms with Gasteiger partial charge in [0.05, 0.1) is 5.69 Å². The molecule has 0 fully saturated rings. The molecular weight excluding hydrogens is 90.1 g/mol. The summed E-state index contributed by atoms with van der Waals surface area (Å²) < 4.78 is 1.86. The lowest BCUT2D eigenvalue weighted by molar-refractivity contribution is 0.730. The van der Waals surface area contributed by atoms with Crippen LogP contribution in [-0.4, -0.2) is 15.0 Å². The summed E-state index contributed by atoms with van der Waals surface area (Å²) in [5.74, 6) is 1.10. The molecule has 2 aliphatic heterocycles. The number of fused-ring (bicyclic) bond motifs is 1. The van der Waals surface area contributed by atoms with Crippen LogP contribution in [0.2, 0.25) is 0 Å². The molecule has 0 aliphatic carbocycles. The molecule has 0 aromatic rings. The maximum atomic E-state index is 3.73. The van der Waals surface area contributed by atoms with Crippen molar-refractivity contribution in [2.75, 3.05) is 0 Å². The molecule has 3 heteroatoms. The van der Waals surface area contributed by atoms with Crippen LogP contribution in [-0.2, 0) is 6.42 Å². The third kappa shape index (κ3) is 0.195. The molecular formula is C4H5N3. The van der Waals surface area contributed by atoms with E-state index in [0.29, 0.717) is 0 Å². The summed E-state index contributed by atoms with van der Waals surface area (Å²) in [6, 6.07) is 0. The first-order valence-corrected chi connectivity index (χ1v) is 2.38. The van der Waals surface area contributed by atoms with Gasteiger partial charge in [0.25, 0.3) is 0 Å². The van der Waals surface area contributed by atoms with E-state index in [1.807, 2.05) is 4.68 Å². The van der Waals surface area contributed by atoms with Gasteiger partial charge in [-0.05, 0) is 6.42 Å². The van der Waals surface area contributed by atoms with E-state index >= 15 is 0 Å². The Morgan fingerprint density at radius 3 is 2.57 bits per heavy atom. The van der Waals surface area contributed by atoms with E-state index in [1.54, 1.807) is 0 Å². The van der Waals surface area contributed by atoms with Gasteiger partial charge in [-0.1, -0.05) is 12.1 Å². The third-order valence-electron chi connectivity index (χ3n) is 1.23. The number of aryl methyl sites for hydroxylation is 1. The standard InChI is InChI=1S/C4H5N3/c1-2-3-4-5-6-7(3)4/h2H2,1H3. The Bertz CT molecular complexity index is 181. The number of rotatable bonds is 1. The van der Waals surface area contributed by atoms with Gasteiger partial charge in [-0.15, -0.1) is 5.10 Å². The average Bonchev–Trinajstić information content (AvgIpc) is 2.07. The van der Waals surface area contributed by atoms with E-state index < -0.39 is 0 Å². The lowest BCUT2D eigenvalue weighted by atomic mass is 10.4. The maximum Gasteiger partial charge on any atom is 0.201 e. The number of nitrogens with zero attached hydrogens (tertiary/aromatic N) is 3. The fourth-order valence-electron chi connectivity index (χ4n) is 0.734. The van der Waals surface area contributed by atoms with Crippen molar-refractivity contribution in [1.82, 2.24) is 15.0 Å². The predicted octanol–water partition coefficient (Wildman–Crippen LogP) is 0.143. The summed E-state index contributed by atoms with van der Waals surface area (Å²) in [5.41, 5.74) is 1.29. The lowest BCUT2D eigenvalue weighted by Gasteiger charge is -1.78. The van der Waals surface area contributed by atoms with Gasteiger partial charge in [0.2, 0.25) is 5.82 Å². The molecule has 0 radical (unpaired) electrons. The highest BCUT2D eigenvalue weighted by atomic mass is 15.6. The lowest BCUT2D eigenvalue weighted by Crippen LogP contribution is -1.93. The normalized spacial score (nSPS) is 12.1. The van der Waals surface area contributed by atoms with Crippen LogP contribution in [0.25, 0.3) is 5.82 Å². The average molecular weight is 95.1 g/mol. The molecule has 0 saturated carbocycles. The molecule has 0 atom stereocenters. The molecule has 0 aromatic carbocycles. The smallest absolute Gasteiger partial charge is 0.193 e. The summed E-state index contributed by atoms with van der Waals surface area (Å²) in [4.78, 5) is 0. The second kappa shape index (κ2) is 0.710. The Morgan fingerprint density at radius 2 is 2.43 bits per heavy atom. The number of aromatic nitrogens is 3. The fraction of sp³-hybridized carbons (Fsp3) is 0.500. The van der Waals surface area contributed by atoms with Gasteiger partial charge in [-0.2, -0.15) is 4.68 Å². The molecule has 3 nitrogen and oxygen atoms in total. The minimum atomic E-state index is 1.07. The molecule has 2 aliphatic rings. The van der Waals surface area contributed by atoms with Crippen LogP contribution in [0.1, 0.15) is 12.6 Å². The Kier molecular flexibility index (Phi) is 0.323. The Labute approximate surface area is 41.0 Å². The summed E-state index contributed by atoms with van der Waals surface area (Å²) in [6.45, 7) is 2.10. The van der Waals surface area contributed by atoms with Crippen molar-refractivity contribution in [2.45, 2.75) is 13.3 Å². The Balaban J connectivity index is 2.46. The highest BCUT2D eigenvalue weighted by Crippen LogP contribution is 2.24. The molecule has 0 aromatic heterocycles. The predicted molar refractivity (Wildman–Crippen MR) is 24.3 cm³/mol. The van der Waals surface area contributed by atoms with Crippen LogP contribution in [0, 0.1) is 0 Å². The van der Waals surface area contributed by atoms with E-state index in [-0.39, 0.29) is 0 Å². The van der Waals surface area contributed by atoms with Gasteiger partial charge in [0.1, 0.15) is 0 Å². The van der Waals surface area contributed by atoms with Gasteiger partial charge < -0.3 is 0 Å². The van der Waals surface area contributed by atoms with Gasteiger partial charge in [0, 0.05) is 0 Å². The van der Waals surface area contributed by atoms with Crippen molar-refractivity contribution in [1.29, 1.82) is 0 Å². The third-order valence-corrected chi connectivity index (χ3v) is 1.23. The van der Waals surface area contributed by atoms with Crippen LogP contribution in [0.3, 0.4) is 0 Å². The highest BCUT2D eigenvalue weighted by Gasteiger charge is 2.27. The largest absolute Gasteiger partial charge is 0.201 e. The first kappa shape index (κ1) is 3.18. The van der Waals surface area contributed by atoms with Crippen LogP contribution in [0.4, 0.5) is 0 Å². The molecule has 0 amide bonds. The summed E-state index contributed by atoms with van der Waals surface area (Å²) in [7, 11) is 0. The summed E-state index contributed by atoms with van der Waals surface area (Å²) >= 11 is 0. The zero-order chi connectivity index (χ0) is 4.85. The quantitative estimate of drug-likeness (QED) is 0.504. The minimum Gasteiger partial charge on any atom is -0.193 e. The monoisotopic (exact) mass is 95.0 g/mol. The van der Waals surface area contributed by atoms with E-state index in [4.69, 9.17) is 0 Å². The maximum absolute atomic E-state index is 3.73. The van der Waals surface area contributed by atoms with Crippen LogP contribution >= 0.6 is 0 Å². The topological polar surface area (TPSA) is 30.7 Å². The van der Waals surface area contributed by atoms with E-state index in [0.717, 1.165) is 12.2 Å². The van der Waals surface area contributed by atoms with E-state index in [9.17, 15) is 0 Å². The second-order valence-electron chi connectivity index (χ2n) is 1.63. The zero-order valence-corrected chi connectivity index (χ0v) is 4.05. The molecule has 0 bridgehead atoms. The summed E-state index contributed by atoms with van der Waals surface area (Å²) in [6.07, 6.45) is 1.07. The molecule has 0 saturated heterocycles. The molecule has 36 valence electrons. The van der Waals surface area contributed by atoms with Crippen LogP contribution in [0.15, 0.2) is 0 Å². The first-order valence-electron chi connectivity index (χ1n) is 2.38. The van der Waals surface area contributed by atoms with E-state index in [1.165, 1.54) is 5.69 Å². The van der Waals surface area contributed by atoms with Crippen molar-refractivity contribution < 1.29 is 0 Å². The van der Waals surface area contributed by atoms with Crippen molar-refractivity contribution in [3.8, 4) is 5.82 Å². The molecule has 0 N–H and O–H groups in total. The van der Waals surface area contributed by atoms with Gasteiger partial charge in [-0.3, -0.25) is 0 Å². The van der Waals surface area contributed by atoms with Gasteiger partial charge >= 0.3 is 0 Å². The number of hydrogen-bond donors (Lipinski definition) is 0. The summed E-state index contributed by atoms with van der Waals surface area (Å²) in [5, 5.41) is 7.41. The van der Waals surface area contributed by atoms with Crippen molar-refractivity contribution in [3.05, 3.63) is 5.69 Å². The van der Waals surface area contributed by atoms with Crippen molar-refractivity contribution in [3.63, 3.8) is 0 Å². The minimum absolute atomic E-state index is 1.07. The zero-order valence-electron chi connectivity index (χ0n) is 4.05. The van der Waals surface area contributed by atoms with Crippen molar-refractivity contribution >= 4 is 0 Å². The molecule has 0 spiro atoms. The molecule has 0 unspecified atom stereocenters. The molecule has 7 heavy (non-hydrogen) atoms. The first-order chi connectivity index (χ1) is 3.43. The van der Waals surface area contributed by atoms with Crippen molar-refractivity contribution in [2.24, 2.45) is 0 Å². The molecule has 2 rings (SSSR count). The highest BCUT2D eigenvalue weighted by molar-refractivity contribution is 5.43. The van der Waals surface area contributed by atoms with Crippen LogP contribution < -0.4 is 0 Å². The van der Waals surface area contributed by atoms with Crippen LogP contribution in [0.5, 0.6) is 0 Å². The Morgan fingerprint density at radius 1 is 1.71 bits per heavy atom. The fourth-order valence-corrected chi connectivity index (χ4v) is 0.734. The Hall–Kier alpha value is -0.860. The molecule has 2 heterocycles. The SMILES string of the molecule is CCc1c2nnn1-2. The number of hydrogen-bond acceptors (Lipinski definition) is 2. The van der Waals surface area contributed by atoms with Gasteiger partial charge in [0.15, 0.2) is 0 Å².